The van der Waals surface area contributed by atoms with E-state index >= 15 is 0 Å². The number of sulfone groups is 1. The maximum absolute atomic E-state index is 11.2. The molecule has 2 N–H and O–H groups in total. The van der Waals surface area contributed by atoms with E-state index < -0.39 is 26.7 Å². The van der Waals surface area contributed by atoms with Crippen LogP contribution in [0.2, 0.25) is 0 Å². The number of oxime groups is 1. The lowest BCUT2D eigenvalue weighted by molar-refractivity contribution is -0.122. The predicted molar refractivity (Wildman–Crippen MR) is 51.9 cm³/mol. The highest BCUT2D eigenvalue weighted by molar-refractivity contribution is 8.05. The first-order chi connectivity index (χ1) is 6.38. The van der Waals surface area contributed by atoms with Crippen LogP contribution >= 0.6 is 0 Å². The summed E-state index contributed by atoms with van der Waals surface area (Å²) < 4.78 is 22.2. The molecule has 7 heteroatoms. The molecule has 1 unspecified atom stereocenters. The summed E-state index contributed by atoms with van der Waals surface area (Å²) in [6.45, 7) is 1.64. The van der Waals surface area contributed by atoms with Gasteiger partial charge in [-0.1, -0.05) is 12.1 Å². The summed E-state index contributed by atoms with van der Waals surface area (Å²) in [4.78, 5) is 11.2. The van der Waals surface area contributed by atoms with Gasteiger partial charge in [0.05, 0.1) is 5.92 Å². The van der Waals surface area contributed by atoms with Gasteiger partial charge in [0, 0.05) is 13.3 Å². The molecule has 6 nitrogen and oxygen atoms in total. The third-order valence-corrected chi connectivity index (χ3v) is 2.87. The van der Waals surface area contributed by atoms with E-state index in [-0.39, 0.29) is 6.42 Å². The average molecular weight is 222 g/mol. The Balaban J connectivity index is 5.12. The van der Waals surface area contributed by atoms with Crippen LogP contribution in [0, 0.1) is 5.92 Å². The minimum Gasteiger partial charge on any atom is -0.410 e. The van der Waals surface area contributed by atoms with Gasteiger partial charge < -0.3 is 10.5 Å². The van der Waals surface area contributed by atoms with Gasteiger partial charge in [-0.3, -0.25) is 4.79 Å². The fourth-order valence-electron chi connectivity index (χ4n) is 1.05. The lowest BCUT2D eigenvalue weighted by Gasteiger charge is -2.12. The summed E-state index contributed by atoms with van der Waals surface area (Å²) in [5.74, 6) is -1.41. The van der Waals surface area contributed by atoms with Crippen LogP contribution in [0.3, 0.4) is 0 Å². The Kier molecular flexibility index (Phi) is 4.55. The van der Waals surface area contributed by atoms with Crippen LogP contribution in [-0.2, 0) is 14.6 Å². The molecule has 0 rings (SSSR count). The average Bonchev–Trinajstić information content (AvgIpc) is 2.10. The van der Waals surface area contributed by atoms with E-state index in [1.54, 1.807) is 6.92 Å². The van der Waals surface area contributed by atoms with Crippen LogP contribution < -0.4 is 5.32 Å². The van der Waals surface area contributed by atoms with E-state index in [9.17, 15) is 13.2 Å². The Labute approximate surface area is 82.9 Å². The maximum atomic E-state index is 11.2. The van der Waals surface area contributed by atoms with E-state index in [4.69, 9.17) is 5.21 Å². The first-order valence-electron chi connectivity index (χ1n) is 4.02. The van der Waals surface area contributed by atoms with Crippen molar-refractivity contribution in [3.05, 3.63) is 0 Å². The van der Waals surface area contributed by atoms with E-state index in [1.165, 1.54) is 7.05 Å². The highest BCUT2D eigenvalue weighted by atomic mass is 32.2. The molecule has 0 aromatic heterocycles. The minimum absolute atomic E-state index is 0.256. The van der Waals surface area contributed by atoms with Crippen molar-refractivity contribution in [2.45, 2.75) is 13.3 Å². The fraction of sp³-hybridized carbons (Fsp3) is 0.714. The fourth-order valence-corrected chi connectivity index (χ4v) is 1.99. The van der Waals surface area contributed by atoms with Crippen LogP contribution in [0.15, 0.2) is 5.16 Å². The molecule has 0 fully saturated rings. The molecule has 1 atom stereocenters. The molecule has 0 aromatic rings. The molecule has 14 heavy (non-hydrogen) atoms. The summed E-state index contributed by atoms with van der Waals surface area (Å²) >= 11 is 0. The number of nitrogens with one attached hydrogen (secondary N) is 1. The highest BCUT2D eigenvalue weighted by Crippen LogP contribution is 2.10. The number of hydrogen-bond donors (Lipinski definition) is 2. The molecular weight excluding hydrogens is 208 g/mol. The first kappa shape index (κ1) is 12.9. The number of carbonyl (C=O) groups excluding carboxylic acids is 1. The highest BCUT2D eigenvalue weighted by Gasteiger charge is 2.29. The zero-order chi connectivity index (χ0) is 11.4. The van der Waals surface area contributed by atoms with Crippen molar-refractivity contribution in [3.63, 3.8) is 0 Å². The summed E-state index contributed by atoms with van der Waals surface area (Å²) in [7, 11) is -2.25. The third-order valence-electron chi connectivity index (χ3n) is 1.75. The van der Waals surface area contributed by atoms with Gasteiger partial charge in [0.1, 0.15) is 0 Å². The Morgan fingerprint density at radius 3 is 2.29 bits per heavy atom. The van der Waals surface area contributed by atoms with Gasteiger partial charge in [-0.05, 0) is 6.42 Å². The van der Waals surface area contributed by atoms with Crippen molar-refractivity contribution in [2.24, 2.45) is 11.1 Å². The Bertz CT molecular complexity index is 334. The monoisotopic (exact) mass is 222 g/mol. The van der Waals surface area contributed by atoms with Gasteiger partial charge in [-0.25, -0.2) is 8.42 Å². The summed E-state index contributed by atoms with van der Waals surface area (Å²) in [5.41, 5.74) is 0. The molecule has 0 radical (unpaired) electrons. The molecule has 0 aliphatic rings. The van der Waals surface area contributed by atoms with Crippen molar-refractivity contribution in [3.8, 4) is 0 Å². The van der Waals surface area contributed by atoms with Crippen LogP contribution in [0.5, 0.6) is 0 Å². The minimum atomic E-state index is -3.64. The molecule has 82 valence electrons. The van der Waals surface area contributed by atoms with Gasteiger partial charge in [0.2, 0.25) is 5.91 Å². The van der Waals surface area contributed by atoms with Crippen LogP contribution in [0.4, 0.5) is 0 Å². The molecular formula is C7H14N2O4S. The maximum Gasteiger partial charge on any atom is 0.229 e. The molecule has 0 aliphatic carbocycles. The predicted octanol–water partition coefficient (Wildman–Crippen LogP) is -0.409. The lowest BCUT2D eigenvalue weighted by Crippen LogP contribution is -2.36. The quantitative estimate of drug-likeness (QED) is 0.294. The normalized spacial score (nSPS) is 14.9. The van der Waals surface area contributed by atoms with Gasteiger partial charge in [0.15, 0.2) is 14.9 Å². The van der Waals surface area contributed by atoms with E-state index in [0.29, 0.717) is 0 Å². The molecule has 0 saturated carbocycles. The van der Waals surface area contributed by atoms with E-state index in [1.807, 2.05) is 0 Å². The van der Waals surface area contributed by atoms with Crippen molar-refractivity contribution in [2.75, 3.05) is 13.3 Å². The number of carbonyl (C=O) groups is 1. The Hall–Kier alpha value is -1.11. The van der Waals surface area contributed by atoms with Crippen molar-refractivity contribution < 1.29 is 18.4 Å². The molecule has 0 spiro atoms. The molecule has 1 amide bonds. The second-order valence-electron chi connectivity index (χ2n) is 2.79. The van der Waals surface area contributed by atoms with E-state index in [2.05, 4.69) is 10.5 Å². The molecule has 0 bridgehead atoms. The zero-order valence-corrected chi connectivity index (χ0v) is 9.13. The van der Waals surface area contributed by atoms with Crippen molar-refractivity contribution in [1.29, 1.82) is 0 Å². The van der Waals surface area contributed by atoms with Crippen molar-refractivity contribution in [1.82, 2.24) is 5.32 Å². The molecule has 0 heterocycles. The Morgan fingerprint density at radius 2 is 2.07 bits per heavy atom. The number of hydrogen-bond acceptors (Lipinski definition) is 5. The van der Waals surface area contributed by atoms with Gasteiger partial charge in [-0.15, -0.1) is 0 Å². The number of rotatable bonds is 3. The van der Waals surface area contributed by atoms with Crippen LogP contribution in [0.25, 0.3) is 0 Å². The lowest BCUT2D eigenvalue weighted by atomic mass is 10.1. The SMILES string of the molecule is CCC(C(=O)NC)/C(=N/O)S(C)(=O)=O. The zero-order valence-electron chi connectivity index (χ0n) is 8.31. The summed E-state index contributed by atoms with van der Waals surface area (Å²) in [6, 6.07) is 0. The molecule has 0 aromatic carbocycles. The van der Waals surface area contributed by atoms with Crippen LogP contribution in [-0.4, -0.2) is 37.9 Å². The first-order valence-corrected chi connectivity index (χ1v) is 5.91. The van der Waals surface area contributed by atoms with Crippen LogP contribution in [0.1, 0.15) is 13.3 Å². The topological polar surface area (TPSA) is 95.8 Å². The molecule has 0 aliphatic heterocycles. The Morgan fingerprint density at radius 1 is 1.57 bits per heavy atom. The second kappa shape index (κ2) is 4.94. The van der Waals surface area contributed by atoms with Gasteiger partial charge in [-0.2, -0.15) is 0 Å². The van der Waals surface area contributed by atoms with E-state index in [0.717, 1.165) is 6.26 Å². The largest absolute Gasteiger partial charge is 0.410 e. The van der Waals surface area contributed by atoms with Gasteiger partial charge in [0.25, 0.3) is 0 Å². The van der Waals surface area contributed by atoms with Crippen molar-refractivity contribution >= 4 is 20.8 Å². The number of amides is 1. The standard InChI is InChI=1S/C7H14N2O4S/c1-4-5(6(10)8-2)7(9-11)14(3,12)13/h5,11H,4H2,1-3H3,(H,8,10)/b9-7-. The smallest absolute Gasteiger partial charge is 0.229 e. The van der Waals surface area contributed by atoms with Gasteiger partial charge >= 0.3 is 0 Å². The second-order valence-corrected chi connectivity index (χ2v) is 4.75. The number of nitrogens with zero attached hydrogens (tertiary/aromatic N) is 1. The summed E-state index contributed by atoms with van der Waals surface area (Å²) in [6.07, 6.45) is 1.15. The molecule has 0 saturated heterocycles. The summed E-state index contributed by atoms with van der Waals surface area (Å²) in [5, 5.41) is 13.0. The third kappa shape index (κ3) is 2.99.